The van der Waals surface area contributed by atoms with Crippen molar-refractivity contribution in [2.75, 3.05) is 0 Å². The van der Waals surface area contributed by atoms with Crippen LogP contribution in [0.25, 0.3) is 11.1 Å². The molecule has 0 fully saturated rings. The minimum absolute atomic E-state index is 0.0406. The van der Waals surface area contributed by atoms with Gasteiger partial charge in [0, 0.05) is 11.1 Å². The Morgan fingerprint density at radius 2 is 1.73 bits per heavy atom. The molecule has 1 unspecified atom stereocenters. The van der Waals surface area contributed by atoms with Crippen LogP contribution in [-0.4, -0.2) is 17.9 Å². The zero-order chi connectivity index (χ0) is 18.7. The molecule has 0 radical (unpaired) electrons. The second kappa shape index (κ2) is 7.31. The molecule has 0 bridgehead atoms. The van der Waals surface area contributed by atoms with Gasteiger partial charge in [0.15, 0.2) is 17.7 Å². The lowest BCUT2D eigenvalue weighted by atomic mass is 10.1. The quantitative estimate of drug-likeness (QED) is 0.493. The van der Waals surface area contributed by atoms with Crippen molar-refractivity contribution in [3.63, 3.8) is 0 Å². The highest BCUT2D eigenvalue weighted by Crippen LogP contribution is 2.25. The molecule has 3 aromatic rings. The summed E-state index contributed by atoms with van der Waals surface area (Å²) in [6.45, 7) is 1.35. The number of hydrogen-bond donors (Lipinski definition) is 0. The summed E-state index contributed by atoms with van der Waals surface area (Å²) in [5.41, 5.74) is 1.20. The van der Waals surface area contributed by atoms with Crippen LogP contribution >= 0.6 is 0 Å². The Kier molecular flexibility index (Phi) is 4.93. The van der Waals surface area contributed by atoms with Crippen LogP contribution in [0, 0.1) is 11.6 Å². The fraction of sp³-hybridized carbons (Fsp3) is 0.100. The number of carbonyl (C=O) groups excluding carboxylic acids is 2. The summed E-state index contributed by atoms with van der Waals surface area (Å²) in [6.07, 6.45) is 0.155. The first-order chi connectivity index (χ1) is 12.5. The molecule has 0 N–H and O–H groups in total. The lowest BCUT2D eigenvalue weighted by molar-refractivity contribution is 0.0290. The second-order valence-electron chi connectivity index (χ2n) is 5.57. The molecule has 0 saturated carbocycles. The third-order valence-electron chi connectivity index (χ3n) is 3.79. The van der Waals surface area contributed by atoms with Crippen LogP contribution in [0.1, 0.15) is 27.8 Å². The normalized spacial score (nSPS) is 11.8. The van der Waals surface area contributed by atoms with Crippen molar-refractivity contribution < 1.29 is 27.5 Å². The number of ether oxygens (including phenoxy) is 1. The van der Waals surface area contributed by atoms with Gasteiger partial charge in [-0.05, 0) is 36.8 Å². The molecule has 6 heteroatoms. The van der Waals surface area contributed by atoms with E-state index >= 15 is 0 Å². The van der Waals surface area contributed by atoms with Crippen LogP contribution in [0.5, 0.6) is 0 Å². The van der Waals surface area contributed by atoms with Crippen LogP contribution < -0.4 is 0 Å². The molecule has 0 saturated heterocycles. The van der Waals surface area contributed by atoms with E-state index in [2.05, 4.69) is 0 Å². The highest BCUT2D eigenvalue weighted by Gasteiger charge is 2.25. The van der Waals surface area contributed by atoms with Crippen molar-refractivity contribution in [2.24, 2.45) is 0 Å². The highest BCUT2D eigenvalue weighted by molar-refractivity contribution is 6.02. The lowest BCUT2D eigenvalue weighted by Gasteiger charge is -2.12. The summed E-state index contributed by atoms with van der Waals surface area (Å²) in [5.74, 6) is -3.72. The number of benzene rings is 2. The average molecular weight is 356 g/mol. The third kappa shape index (κ3) is 3.54. The molecule has 0 aliphatic heterocycles. The molecule has 132 valence electrons. The molecule has 0 aliphatic rings. The molecule has 0 spiro atoms. The molecule has 1 heterocycles. The van der Waals surface area contributed by atoms with Gasteiger partial charge in [0.25, 0.3) is 0 Å². The van der Waals surface area contributed by atoms with E-state index in [1.165, 1.54) is 13.2 Å². The zero-order valence-corrected chi connectivity index (χ0v) is 13.7. The molecule has 3 rings (SSSR count). The van der Waals surface area contributed by atoms with Gasteiger partial charge in [0.1, 0.15) is 0 Å². The molecule has 4 nitrogen and oxygen atoms in total. The summed E-state index contributed by atoms with van der Waals surface area (Å²) in [4.78, 5) is 24.6. The molecule has 1 atom stereocenters. The van der Waals surface area contributed by atoms with Gasteiger partial charge in [-0.3, -0.25) is 4.79 Å². The van der Waals surface area contributed by atoms with Gasteiger partial charge < -0.3 is 9.15 Å². The maximum Gasteiger partial charge on any atom is 0.375 e. The number of ketones is 1. The van der Waals surface area contributed by atoms with E-state index in [-0.39, 0.29) is 11.3 Å². The number of esters is 1. The predicted molar refractivity (Wildman–Crippen MR) is 89.7 cm³/mol. The highest BCUT2D eigenvalue weighted by atomic mass is 19.2. The van der Waals surface area contributed by atoms with E-state index in [0.717, 1.165) is 23.8 Å². The Bertz CT molecular complexity index is 947. The molecular weight excluding hydrogens is 342 g/mol. The monoisotopic (exact) mass is 356 g/mol. The van der Waals surface area contributed by atoms with Crippen molar-refractivity contribution in [2.45, 2.75) is 13.0 Å². The van der Waals surface area contributed by atoms with E-state index in [4.69, 9.17) is 9.15 Å². The van der Waals surface area contributed by atoms with E-state index < -0.39 is 29.5 Å². The summed E-state index contributed by atoms with van der Waals surface area (Å²) >= 11 is 0. The van der Waals surface area contributed by atoms with Crippen LogP contribution in [0.15, 0.2) is 65.3 Å². The summed E-state index contributed by atoms with van der Waals surface area (Å²) < 4.78 is 36.6. The van der Waals surface area contributed by atoms with E-state index in [0.29, 0.717) is 5.56 Å². The molecule has 1 aromatic heterocycles. The summed E-state index contributed by atoms with van der Waals surface area (Å²) in [6, 6.07) is 13.4. The predicted octanol–water partition coefficient (Wildman–Crippen LogP) is 4.65. The number of hydrogen-bond acceptors (Lipinski definition) is 4. The van der Waals surface area contributed by atoms with Gasteiger partial charge in [0.2, 0.25) is 11.5 Å². The topological polar surface area (TPSA) is 56.5 Å². The van der Waals surface area contributed by atoms with Gasteiger partial charge in [-0.1, -0.05) is 30.3 Å². The lowest BCUT2D eigenvalue weighted by Crippen LogP contribution is -2.24. The first-order valence-electron chi connectivity index (χ1n) is 7.80. The Balaban J connectivity index is 1.77. The average Bonchev–Trinajstić information content (AvgIpc) is 3.14. The van der Waals surface area contributed by atoms with E-state index in [1.54, 1.807) is 18.2 Å². The fourth-order valence-corrected chi connectivity index (χ4v) is 2.46. The Morgan fingerprint density at radius 1 is 1.00 bits per heavy atom. The molecule has 0 aliphatic carbocycles. The van der Waals surface area contributed by atoms with Crippen molar-refractivity contribution in [3.05, 3.63) is 83.8 Å². The van der Waals surface area contributed by atoms with Crippen LogP contribution in [0.3, 0.4) is 0 Å². The number of rotatable bonds is 5. The van der Waals surface area contributed by atoms with Gasteiger partial charge in [-0.15, -0.1) is 0 Å². The van der Waals surface area contributed by atoms with E-state index in [1.807, 2.05) is 18.2 Å². The fourth-order valence-electron chi connectivity index (χ4n) is 2.46. The van der Waals surface area contributed by atoms with Crippen molar-refractivity contribution in [1.82, 2.24) is 0 Å². The Hall–Kier alpha value is -3.28. The maximum absolute atomic E-state index is 13.3. The summed E-state index contributed by atoms with van der Waals surface area (Å²) in [5, 5.41) is 0. The Morgan fingerprint density at radius 3 is 2.42 bits per heavy atom. The molecule has 2 aromatic carbocycles. The zero-order valence-electron chi connectivity index (χ0n) is 13.7. The van der Waals surface area contributed by atoms with Gasteiger partial charge in [-0.25, -0.2) is 13.6 Å². The summed E-state index contributed by atoms with van der Waals surface area (Å²) in [7, 11) is 0. The van der Waals surface area contributed by atoms with Crippen LogP contribution in [0.2, 0.25) is 0 Å². The van der Waals surface area contributed by atoms with Gasteiger partial charge in [0.05, 0.1) is 6.26 Å². The first-order valence-corrected chi connectivity index (χ1v) is 7.80. The van der Waals surface area contributed by atoms with Crippen LogP contribution in [0.4, 0.5) is 8.78 Å². The SMILES string of the molecule is CC(OC(=O)c1occc1-c1ccccc1)C(=O)c1ccc(F)c(F)c1. The molecular formula is C20H14F2O4. The second-order valence-corrected chi connectivity index (χ2v) is 5.57. The number of carbonyl (C=O) groups is 2. The molecule has 0 amide bonds. The van der Waals surface area contributed by atoms with Crippen molar-refractivity contribution >= 4 is 11.8 Å². The number of furan rings is 1. The Labute approximate surface area is 148 Å². The minimum Gasteiger partial charge on any atom is -0.457 e. The number of Topliss-reactive ketones (excluding diaryl/α,β-unsaturated/α-hetero) is 1. The number of halogens is 2. The van der Waals surface area contributed by atoms with Gasteiger partial charge in [-0.2, -0.15) is 0 Å². The van der Waals surface area contributed by atoms with Crippen LogP contribution in [-0.2, 0) is 4.74 Å². The van der Waals surface area contributed by atoms with Gasteiger partial charge >= 0.3 is 5.97 Å². The molecule has 26 heavy (non-hydrogen) atoms. The third-order valence-corrected chi connectivity index (χ3v) is 3.79. The van der Waals surface area contributed by atoms with Crippen molar-refractivity contribution in [1.29, 1.82) is 0 Å². The maximum atomic E-state index is 13.3. The van der Waals surface area contributed by atoms with E-state index in [9.17, 15) is 18.4 Å². The van der Waals surface area contributed by atoms with Crippen molar-refractivity contribution in [3.8, 4) is 11.1 Å². The smallest absolute Gasteiger partial charge is 0.375 e. The largest absolute Gasteiger partial charge is 0.457 e. The first kappa shape index (κ1) is 17.5. The minimum atomic E-state index is -1.19. The standard InChI is InChI=1S/C20H14F2O4/c1-12(18(23)14-7-8-16(21)17(22)11-14)26-20(24)19-15(9-10-25-19)13-5-3-2-4-6-13/h2-12H,1H3.